The van der Waals surface area contributed by atoms with Gasteiger partial charge < -0.3 is 24.4 Å². The van der Waals surface area contributed by atoms with Crippen LogP contribution in [0.15, 0.2) is 60.8 Å². The molecule has 1 amide bonds. The van der Waals surface area contributed by atoms with Crippen molar-refractivity contribution in [3.63, 3.8) is 0 Å². The predicted octanol–water partition coefficient (Wildman–Crippen LogP) is 4.65. The summed E-state index contributed by atoms with van der Waals surface area (Å²) >= 11 is 0. The quantitative estimate of drug-likeness (QED) is 0.529. The van der Waals surface area contributed by atoms with E-state index < -0.39 is 6.17 Å². The Morgan fingerprint density at radius 2 is 1.75 bits per heavy atom. The second-order valence-corrected chi connectivity index (χ2v) is 7.29. The van der Waals surface area contributed by atoms with Crippen molar-refractivity contribution in [3.05, 3.63) is 77.6 Å². The fourth-order valence-electron chi connectivity index (χ4n) is 3.78. The molecule has 1 aliphatic rings. The van der Waals surface area contributed by atoms with Crippen molar-refractivity contribution in [2.75, 3.05) is 25.6 Å². The van der Waals surface area contributed by atoms with Crippen LogP contribution in [0, 0.1) is 0 Å². The highest BCUT2D eigenvalue weighted by Gasteiger charge is 2.38. The fourth-order valence-corrected chi connectivity index (χ4v) is 3.78. The largest absolute Gasteiger partial charge is 0.497 e. The Morgan fingerprint density at radius 3 is 2.47 bits per heavy atom. The Hall–Kier alpha value is -3.74. The predicted molar refractivity (Wildman–Crippen MR) is 122 cm³/mol. The van der Waals surface area contributed by atoms with E-state index in [0.717, 1.165) is 22.7 Å². The first-order valence-corrected chi connectivity index (χ1v) is 10.7. The second-order valence-electron chi connectivity index (χ2n) is 7.29. The normalized spacial score (nSPS) is 14.8. The van der Waals surface area contributed by atoms with Crippen LogP contribution in [0.5, 0.6) is 17.2 Å². The Labute approximate surface area is 187 Å². The molecule has 0 radical (unpaired) electrons. The van der Waals surface area contributed by atoms with Gasteiger partial charge in [0, 0.05) is 18.8 Å². The first-order valence-electron chi connectivity index (χ1n) is 10.7. The number of amides is 1. The molecule has 0 unspecified atom stereocenters. The molecule has 1 atom stereocenters. The summed E-state index contributed by atoms with van der Waals surface area (Å²) in [5.74, 6) is 2.12. The third-order valence-corrected chi connectivity index (χ3v) is 5.27. The molecule has 1 aliphatic heterocycles. The molecular formula is C25H27N3O4. The molecule has 2 aromatic carbocycles. The van der Waals surface area contributed by atoms with Gasteiger partial charge in [-0.15, -0.1) is 0 Å². The van der Waals surface area contributed by atoms with Gasteiger partial charge in [0.15, 0.2) is 0 Å². The number of pyridine rings is 1. The minimum Gasteiger partial charge on any atom is -0.497 e. The molecule has 7 heteroatoms. The summed E-state index contributed by atoms with van der Waals surface area (Å²) in [6.07, 6.45) is 1.26. The number of fused-ring (bicyclic) bond motifs is 1. The Morgan fingerprint density at radius 1 is 1.00 bits per heavy atom. The number of carbonyl (C=O) groups excluding carboxylic acids is 1. The summed E-state index contributed by atoms with van der Waals surface area (Å²) in [4.78, 5) is 19.6. The van der Waals surface area contributed by atoms with Gasteiger partial charge >= 0.3 is 0 Å². The summed E-state index contributed by atoms with van der Waals surface area (Å²) < 4.78 is 16.7. The van der Waals surface area contributed by atoms with E-state index in [2.05, 4.69) is 10.3 Å². The Balaban J connectivity index is 1.69. The molecule has 0 saturated carbocycles. The lowest BCUT2D eigenvalue weighted by Crippen LogP contribution is -2.32. The molecule has 1 aromatic heterocycles. The Bertz CT molecular complexity index is 1080. The van der Waals surface area contributed by atoms with E-state index in [9.17, 15) is 4.79 Å². The van der Waals surface area contributed by atoms with Gasteiger partial charge in [0.25, 0.3) is 5.91 Å². The molecule has 166 valence electrons. The van der Waals surface area contributed by atoms with E-state index in [1.807, 2.05) is 62.4 Å². The second kappa shape index (κ2) is 9.60. The number of ether oxygens (including phenoxy) is 3. The highest BCUT2D eigenvalue weighted by atomic mass is 16.5. The van der Waals surface area contributed by atoms with Crippen molar-refractivity contribution in [3.8, 4) is 17.2 Å². The van der Waals surface area contributed by atoms with Gasteiger partial charge in [-0.25, -0.2) is 0 Å². The molecule has 0 spiro atoms. The average Bonchev–Trinajstić information content (AvgIpc) is 3.07. The monoisotopic (exact) mass is 433 g/mol. The molecule has 1 N–H and O–H groups in total. The highest BCUT2D eigenvalue weighted by Crippen LogP contribution is 2.38. The lowest BCUT2D eigenvalue weighted by Gasteiger charge is -2.27. The van der Waals surface area contributed by atoms with Gasteiger partial charge in [-0.05, 0) is 55.8 Å². The standard InChI is InChI=1S/C25H27N3O4/c1-4-31-19-12-13-22(32-5-2)21(15-19)27-24-23-20(7-6-14-26-23)25(29)28(24)16-17-8-10-18(30-3)11-9-17/h6-15,24,27H,4-5,16H2,1-3H3/t24-/m0/s1. The van der Waals surface area contributed by atoms with Crippen LogP contribution in [-0.4, -0.2) is 36.1 Å². The number of nitrogens with one attached hydrogen (secondary N) is 1. The molecule has 4 rings (SSSR count). The van der Waals surface area contributed by atoms with Crippen LogP contribution in [0.25, 0.3) is 0 Å². The molecule has 7 nitrogen and oxygen atoms in total. The smallest absolute Gasteiger partial charge is 0.258 e. The van der Waals surface area contributed by atoms with Crippen LogP contribution >= 0.6 is 0 Å². The van der Waals surface area contributed by atoms with Gasteiger partial charge in [0.2, 0.25) is 0 Å². The van der Waals surface area contributed by atoms with Crippen molar-refractivity contribution in [2.24, 2.45) is 0 Å². The maximum absolute atomic E-state index is 13.3. The zero-order valence-corrected chi connectivity index (χ0v) is 18.5. The first-order chi connectivity index (χ1) is 15.6. The number of carbonyl (C=O) groups is 1. The third kappa shape index (κ3) is 4.32. The molecular weight excluding hydrogens is 406 g/mol. The summed E-state index contributed by atoms with van der Waals surface area (Å²) in [6.45, 7) is 5.38. The van der Waals surface area contributed by atoms with Crippen molar-refractivity contribution < 1.29 is 19.0 Å². The van der Waals surface area contributed by atoms with E-state index in [1.54, 1.807) is 24.3 Å². The molecule has 3 aromatic rings. The molecule has 2 heterocycles. The van der Waals surface area contributed by atoms with Crippen LogP contribution < -0.4 is 19.5 Å². The number of aromatic nitrogens is 1. The number of rotatable bonds is 9. The van der Waals surface area contributed by atoms with Gasteiger partial charge in [-0.3, -0.25) is 9.78 Å². The zero-order chi connectivity index (χ0) is 22.5. The maximum atomic E-state index is 13.3. The van der Waals surface area contributed by atoms with Crippen molar-refractivity contribution in [2.45, 2.75) is 26.6 Å². The average molecular weight is 434 g/mol. The number of hydrogen-bond acceptors (Lipinski definition) is 6. The topological polar surface area (TPSA) is 72.9 Å². The van der Waals surface area contributed by atoms with Crippen LogP contribution in [0.4, 0.5) is 5.69 Å². The van der Waals surface area contributed by atoms with E-state index in [1.165, 1.54) is 0 Å². The van der Waals surface area contributed by atoms with E-state index in [4.69, 9.17) is 14.2 Å². The number of benzene rings is 2. The van der Waals surface area contributed by atoms with Gasteiger partial charge in [0.1, 0.15) is 23.4 Å². The van der Waals surface area contributed by atoms with Crippen molar-refractivity contribution >= 4 is 11.6 Å². The fraction of sp³-hybridized carbons (Fsp3) is 0.280. The van der Waals surface area contributed by atoms with Crippen molar-refractivity contribution in [1.29, 1.82) is 0 Å². The van der Waals surface area contributed by atoms with E-state index >= 15 is 0 Å². The summed E-state index contributed by atoms with van der Waals surface area (Å²) in [5, 5.41) is 3.49. The van der Waals surface area contributed by atoms with Crippen LogP contribution in [0.3, 0.4) is 0 Å². The van der Waals surface area contributed by atoms with Crippen LogP contribution in [-0.2, 0) is 6.54 Å². The number of hydrogen-bond donors (Lipinski definition) is 1. The maximum Gasteiger partial charge on any atom is 0.258 e. The van der Waals surface area contributed by atoms with Crippen LogP contribution in [0.2, 0.25) is 0 Å². The first kappa shape index (κ1) is 21.5. The number of nitrogens with zero attached hydrogens (tertiary/aromatic N) is 2. The van der Waals surface area contributed by atoms with Gasteiger partial charge in [0.05, 0.1) is 37.3 Å². The SMILES string of the molecule is CCOc1ccc(OCC)c(N[C@@H]2c3ncccc3C(=O)N2Cc2ccc(OC)cc2)c1. The minimum atomic E-state index is -0.447. The van der Waals surface area contributed by atoms with Gasteiger partial charge in [-0.1, -0.05) is 12.1 Å². The molecule has 0 saturated heterocycles. The van der Waals surface area contributed by atoms with Crippen molar-refractivity contribution in [1.82, 2.24) is 9.88 Å². The number of methoxy groups -OCH3 is 1. The molecule has 32 heavy (non-hydrogen) atoms. The molecule has 0 aliphatic carbocycles. The molecule has 0 bridgehead atoms. The summed E-state index contributed by atoms with van der Waals surface area (Å²) in [7, 11) is 1.63. The lowest BCUT2D eigenvalue weighted by molar-refractivity contribution is 0.0727. The highest BCUT2D eigenvalue weighted by molar-refractivity contribution is 5.99. The third-order valence-electron chi connectivity index (χ3n) is 5.27. The summed E-state index contributed by atoms with van der Waals surface area (Å²) in [6, 6.07) is 16.9. The van der Waals surface area contributed by atoms with Gasteiger partial charge in [-0.2, -0.15) is 0 Å². The Kier molecular flexibility index (Phi) is 6.44. The summed E-state index contributed by atoms with van der Waals surface area (Å²) in [5.41, 5.74) is 3.02. The van der Waals surface area contributed by atoms with E-state index in [0.29, 0.717) is 36.8 Å². The van der Waals surface area contributed by atoms with Crippen LogP contribution in [0.1, 0.15) is 41.6 Å². The number of anilines is 1. The minimum absolute atomic E-state index is 0.0691. The zero-order valence-electron chi connectivity index (χ0n) is 18.5. The molecule has 0 fully saturated rings. The van der Waals surface area contributed by atoms with E-state index in [-0.39, 0.29) is 5.91 Å². The lowest BCUT2D eigenvalue weighted by atomic mass is 10.2.